The molecule has 0 aliphatic carbocycles. The molecule has 19 heavy (non-hydrogen) atoms. The third-order valence-electron chi connectivity index (χ3n) is 3.91. The van der Waals surface area contributed by atoms with Gasteiger partial charge in [0.05, 0.1) is 6.42 Å². The van der Waals surface area contributed by atoms with E-state index < -0.39 is 0 Å². The van der Waals surface area contributed by atoms with E-state index in [9.17, 15) is 9.90 Å². The molecule has 1 aliphatic heterocycles. The van der Waals surface area contributed by atoms with Gasteiger partial charge in [-0.3, -0.25) is 4.79 Å². The number of rotatable bonds is 5. The van der Waals surface area contributed by atoms with E-state index >= 15 is 0 Å². The Labute approximate surface area is 114 Å². The molecule has 1 atom stereocenters. The number of nitrogens with two attached hydrogens (primary N) is 1. The number of aliphatic hydroxyl groups excluding tert-OH is 1. The summed E-state index contributed by atoms with van der Waals surface area (Å²) in [4.78, 5) is 13.9. The van der Waals surface area contributed by atoms with Crippen molar-refractivity contribution in [3.05, 3.63) is 29.3 Å². The Morgan fingerprint density at radius 3 is 2.74 bits per heavy atom. The van der Waals surface area contributed by atoms with E-state index in [2.05, 4.69) is 13.8 Å². The van der Waals surface area contributed by atoms with Gasteiger partial charge in [-0.05, 0) is 23.1 Å². The number of nitrogens with zero attached hydrogens (tertiary/aromatic N) is 1. The van der Waals surface area contributed by atoms with Gasteiger partial charge in [0.1, 0.15) is 0 Å². The van der Waals surface area contributed by atoms with Crippen molar-refractivity contribution in [3.63, 3.8) is 0 Å². The molecule has 1 unspecified atom stereocenters. The highest BCUT2D eigenvalue weighted by atomic mass is 16.3. The van der Waals surface area contributed by atoms with Gasteiger partial charge in [0.2, 0.25) is 5.91 Å². The molecule has 1 heterocycles. The summed E-state index contributed by atoms with van der Waals surface area (Å²) in [5, 5.41) is 9.42. The van der Waals surface area contributed by atoms with Crippen LogP contribution >= 0.6 is 0 Å². The van der Waals surface area contributed by atoms with Crippen molar-refractivity contribution in [2.24, 2.45) is 17.6 Å². The first-order valence-electron chi connectivity index (χ1n) is 6.80. The lowest BCUT2D eigenvalue weighted by Crippen LogP contribution is -2.35. The lowest BCUT2D eigenvalue weighted by atomic mass is 9.96. The molecule has 4 heteroatoms. The molecule has 0 saturated heterocycles. The average molecular weight is 262 g/mol. The standard InChI is InChI=1S/C15H22N2O2/c1-10(2)13(9-18)8-17-14-4-3-11(7-16)5-12(14)6-15(17)19/h3-5,10,13,18H,6-9,16H2,1-2H3. The zero-order chi connectivity index (χ0) is 14.0. The minimum Gasteiger partial charge on any atom is -0.396 e. The Morgan fingerprint density at radius 1 is 1.42 bits per heavy atom. The van der Waals surface area contributed by atoms with E-state index in [4.69, 9.17) is 5.73 Å². The van der Waals surface area contributed by atoms with E-state index in [0.717, 1.165) is 16.8 Å². The summed E-state index contributed by atoms with van der Waals surface area (Å²) >= 11 is 0. The minimum absolute atomic E-state index is 0.109. The first-order valence-corrected chi connectivity index (χ1v) is 6.80. The number of anilines is 1. The molecule has 3 N–H and O–H groups in total. The van der Waals surface area contributed by atoms with Gasteiger partial charge >= 0.3 is 0 Å². The molecule has 1 aliphatic rings. The predicted octanol–water partition coefficient (Wildman–Crippen LogP) is 1.30. The molecule has 104 valence electrons. The van der Waals surface area contributed by atoms with Gasteiger partial charge < -0.3 is 15.7 Å². The smallest absolute Gasteiger partial charge is 0.231 e. The summed E-state index contributed by atoms with van der Waals surface area (Å²) in [6.07, 6.45) is 0.444. The highest BCUT2D eigenvalue weighted by molar-refractivity contribution is 6.01. The fourth-order valence-electron chi connectivity index (χ4n) is 2.48. The van der Waals surface area contributed by atoms with E-state index in [0.29, 0.717) is 25.4 Å². The van der Waals surface area contributed by atoms with Gasteiger partial charge in [-0.2, -0.15) is 0 Å². The van der Waals surface area contributed by atoms with Crippen molar-refractivity contribution in [1.29, 1.82) is 0 Å². The number of amides is 1. The SMILES string of the molecule is CC(C)C(CO)CN1C(=O)Cc2cc(CN)ccc21. The number of benzene rings is 1. The zero-order valence-electron chi connectivity index (χ0n) is 11.6. The maximum atomic E-state index is 12.1. The van der Waals surface area contributed by atoms with Gasteiger partial charge in [-0.25, -0.2) is 0 Å². The van der Waals surface area contributed by atoms with Crippen LogP contribution in [0.4, 0.5) is 5.69 Å². The van der Waals surface area contributed by atoms with Crippen LogP contribution in [0, 0.1) is 11.8 Å². The Bertz CT molecular complexity index is 471. The first-order chi connectivity index (χ1) is 9.06. The van der Waals surface area contributed by atoms with Crippen molar-refractivity contribution < 1.29 is 9.90 Å². The number of carbonyl (C=O) groups excluding carboxylic acids is 1. The van der Waals surface area contributed by atoms with Gasteiger partial charge in [0, 0.05) is 31.3 Å². The topological polar surface area (TPSA) is 66.6 Å². The lowest BCUT2D eigenvalue weighted by molar-refractivity contribution is -0.117. The van der Waals surface area contributed by atoms with E-state index in [1.54, 1.807) is 4.90 Å². The molecule has 1 aromatic carbocycles. The van der Waals surface area contributed by atoms with Crippen LogP contribution in [0.15, 0.2) is 18.2 Å². The second kappa shape index (κ2) is 5.72. The van der Waals surface area contributed by atoms with Crippen LogP contribution in [-0.4, -0.2) is 24.2 Å². The second-order valence-corrected chi connectivity index (χ2v) is 5.53. The molecule has 0 bridgehead atoms. The third-order valence-corrected chi connectivity index (χ3v) is 3.91. The molecule has 0 fully saturated rings. The van der Waals surface area contributed by atoms with Gasteiger partial charge in [0.25, 0.3) is 0 Å². The molecule has 0 aromatic heterocycles. The monoisotopic (exact) mass is 262 g/mol. The minimum atomic E-state index is 0.109. The molecule has 1 aromatic rings. The number of hydrogen-bond donors (Lipinski definition) is 2. The number of aliphatic hydroxyl groups is 1. The fourth-order valence-corrected chi connectivity index (χ4v) is 2.48. The average Bonchev–Trinajstić information content (AvgIpc) is 2.70. The lowest BCUT2D eigenvalue weighted by Gasteiger charge is -2.25. The van der Waals surface area contributed by atoms with Crippen LogP contribution < -0.4 is 10.6 Å². The summed E-state index contributed by atoms with van der Waals surface area (Å²) in [6.45, 7) is 5.33. The Morgan fingerprint density at radius 2 is 2.16 bits per heavy atom. The van der Waals surface area contributed by atoms with Crippen LogP contribution in [0.3, 0.4) is 0 Å². The largest absolute Gasteiger partial charge is 0.396 e. The molecular weight excluding hydrogens is 240 g/mol. The zero-order valence-corrected chi connectivity index (χ0v) is 11.6. The predicted molar refractivity (Wildman–Crippen MR) is 75.8 cm³/mol. The first kappa shape index (κ1) is 14.0. The normalized spacial score (nSPS) is 16.1. The van der Waals surface area contributed by atoms with E-state index in [-0.39, 0.29) is 18.4 Å². The quantitative estimate of drug-likeness (QED) is 0.840. The van der Waals surface area contributed by atoms with Crippen molar-refractivity contribution in [2.45, 2.75) is 26.8 Å². The summed E-state index contributed by atoms with van der Waals surface area (Å²) in [5.74, 6) is 0.581. The molecule has 0 spiro atoms. The molecule has 0 radical (unpaired) electrons. The van der Waals surface area contributed by atoms with Gasteiger partial charge in [0.15, 0.2) is 0 Å². The molecule has 2 rings (SSSR count). The fraction of sp³-hybridized carbons (Fsp3) is 0.533. The van der Waals surface area contributed by atoms with Crippen molar-refractivity contribution in [3.8, 4) is 0 Å². The third kappa shape index (κ3) is 2.80. The summed E-state index contributed by atoms with van der Waals surface area (Å²) in [5.41, 5.74) is 8.70. The summed E-state index contributed by atoms with van der Waals surface area (Å²) in [6, 6.07) is 5.95. The maximum absolute atomic E-state index is 12.1. The summed E-state index contributed by atoms with van der Waals surface area (Å²) < 4.78 is 0. The molecule has 0 saturated carbocycles. The van der Waals surface area contributed by atoms with E-state index in [1.807, 2.05) is 18.2 Å². The van der Waals surface area contributed by atoms with Gasteiger partial charge in [-0.1, -0.05) is 26.0 Å². The second-order valence-electron chi connectivity index (χ2n) is 5.53. The van der Waals surface area contributed by atoms with Crippen LogP contribution in [0.25, 0.3) is 0 Å². The Balaban J connectivity index is 2.22. The van der Waals surface area contributed by atoms with E-state index in [1.165, 1.54) is 0 Å². The molecular formula is C15H22N2O2. The highest BCUT2D eigenvalue weighted by Gasteiger charge is 2.29. The number of fused-ring (bicyclic) bond motifs is 1. The van der Waals surface area contributed by atoms with Crippen molar-refractivity contribution in [1.82, 2.24) is 0 Å². The van der Waals surface area contributed by atoms with Crippen molar-refractivity contribution >= 4 is 11.6 Å². The number of carbonyl (C=O) groups is 1. The Kier molecular flexibility index (Phi) is 4.22. The summed E-state index contributed by atoms with van der Waals surface area (Å²) in [7, 11) is 0. The Hall–Kier alpha value is -1.39. The van der Waals surface area contributed by atoms with Crippen LogP contribution in [0.5, 0.6) is 0 Å². The van der Waals surface area contributed by atoms with Crippen LogP contribution in [-0.2, 0) is 17.8 Å². The van der Waals surface area contributed by atoms with Crippen LogP contribution in [0.1, 0.15) is 25.0 Å². The highest BCUT2D eigenvalue weighted by Crippen LogP contribution is 2.31. The maximum Gasteiger partial charge on any atom is 0.231 e. The van der Waals surface area contributed by atoms with Gasteiger partial charge in [-0.15, -0.1) is 0 Å². The molecule has 4 nitrogen and oxygen atoms in total. The van der Waals surface area contributed by atoms with Crippen LogP contribution in [0.2, 0.25) is 0 Å². The van der Waals surface area contributed by atoms with Crippen molar-refractivity contribution in [2.75, 3.05) is 18.1 Å². The molecule has 1 amide bonds. The number of hydrogen-bond acceptors (Lipinski definition) is 3.